The summed E-state index contributed by atoms with van der Waals surface area (Å²) in [6, 6.07) is 2.63. The number of carboxylic acid groups (broad SMARTS) is 1. The average Bonchev–Trinajstić information content (AvgIpc) is 2.87. The fourth-order valence-electron chi connectivity index (χ4n) is 1.54. The van der Waals surface area contributed by atoms with Gasteiger partial charge in [-0.15, -0.1) is 11.3 Å². The Balaban J connectivity index is 2.35. The molecule has 0 bridgehead atoms. The first-order chi connectivity index (χ1) is 8.49. The Kier molecular flexibility index (Phi) is 3.35. The molecule has 2 aromatic rings. The van der Waals surface area contributed by atoms with Gasteiger partial charge in [0.2, 0.25) is 0 Å². The predicted octanol–water partition coefficient (Wildman–Crippen LogP) is 1.37. The third-order valence-electron chi connectivity index (χ3n) is 2.47. The number of aromatic hydroxyl groups is 1. The lowest BCUT2D eigenvalue weighted by Gasteiger charge is -2.04. The fraction of sp³-hybridized carbons (Fsp3) is 0.273. The van der Waals surface area contributed by atoms with Crippen LogP contribution in [0.25, 0.3) is 10.6 Å². The maximum Gasteiger partial charge on any atom is 0.320 e. The molecule has 2 heterocycles. The molecular weight excluding hydrogens is 256 g/mol. The van der Waals surface area contributed by atoms with Crippen LogP contribution in [0.3, 0.4) is 0 Å². The normalized spacial score (nSPS) is 12.6. The Morgan fingerprint density at radius 1 is 1.61 bits per heavy atom. The molecule has 18 heavy (non-hydrogen) atoms. The van der Waals surface area contributed by atoms with Crippen LogP contribution in [0.15, 0.2) is 16.7 Å². The quantitative estimate of drug-likeness (QED) is 0.772. The summed E-state index contributed by atoms with van der Waals surface area (Å²) in [4.78, 5) is 12.6. The summed E-state index contributed by atoms with van der Waals surface area (Å²) in [6.07, 6.45) is -0.0308. The summed E-state index contributed by atoms with van der Waals surface area (Å²) in [5.74, 6) is -1.07. The van der Waals surface area contributed by atoms with E-state index in [1.807, 2.05) is 19.1 Å². The van der Waals surface area contributed by atoms with E-state index in [1.54, 1.807) is 0 Å². The first-order valence-corrected chi connectivity index (χ1v) is 6.03. The van der Waals surface area contributed by atoms with Crippen LogP contribution in [0.5, 0.6) is 5.88 Å². The SMILES string of the molecule is Cc1ccc(-c2onc(O)c2CC(N)C(=O)O)s1. The summed E-state index contributed by atoms with van der Waals surface area (Å²) in [7, 11) is 0. The van der Waals surface area contributed by atoms with E-state index in [0.29, 0.717) is 11.3 Å². The number of nitrogens with two attached hydrogens (primary N) is 1. The van der Waals surface area contributed by atoms with Gasteiger partial charge in [0.05, 0.1) is 10.4 Å². The summed E-state index contributed by atoms with van der Waals surface area (Å²) in [6.45, 7) is 1.94. The van der Waals surface area contributed by atoms with Crippen LogP contribution in [0.1, 0.15) is 10.4 Å². The Hall–Kier alpha value is -1.86. The van der Waals surface area contributed by atoms with Gasteiger partial charge in [0.1, 0.15) is 6.04 Å². The highest BCUT2D eigenvalue weighted by Crippen LogP contribution is 2.34. The van der Waals surface area contributed by atoms with E-state index in [2.05, 4.69) is 5.16 Å². The minimum atomic E-state index is -1.14. The van der Waals surface area contributed by atoms with E-state index in [4.69, 9.17) is 15.4 Å². The van der Waals surface area contributed by atoms with Crippen molar-refractivity contribution in [3.05, 3.63) is 22.6 Å². The van der Waals surface area contributed by atoms with Crippen molar-refractivity contribution < 1.29 is 19.5 Å². The fourth-order valence-corrected chi connectivity index (χ4v) is 2.41. The summed E-state index contributed by atoms with van der Waals surface area (Å²) in [5, 5.41) is 21.8. The highest BCUT2D eigenvalue weighted by Gasteiger charge is 2.23. The molecule has 0 saturated heterocycles. The average molecular weight is 268 g/mol. The number of carbonyl (C=O) groups is 1. The summed E-state index contributed by atoms with van der Waals surface area (Å²) < 4.78 is 5.04. The lowest BCUT2D eigenvalue weighted by Crippen LogP contribution is -2.32. The molecular formula is C11H12N2O4S. The number of carboxylic acids is 1. The van der Waals surface area contributed by atoms with Crippen molar-refractivity contribution in [3.63, 3.8) is 0 Å². The molecule has 0 aliphatic heterocycles. The number of aromatic nitrogens is 1. The van der Waals surface area contributed by atoms with E-state index in [9.17, 15) is 9.90 Å². The molecule has 0 fully saturated rings. The van der Waals surface area contributed by atoms with Crippen LogP contribution in [-0.2, 0) is 11.2 Å². The Bertz CT molecular complexity index is 575. The minimum Gasteiger partial charge on any atom is -0.491 e. The second kappa shape index (κ2) is 4.79. The van der Waals surface area contributed by atoms with Crippen LogP contribution >= 0.6 is 11.3 Å². The van der Waals surface area contributed by atoms with Gasteiger partial charge in [0, 0.05) is 11.3 Å². The van der Waals surface area contributed by atoms with Crippen LogP contribution in [-0.4, -0.2) is 27.4 Å². The topological polar surface area (TPSA) is 110 Å². The molecule has 0 aliphatic carbocycles. The number of nitrogens with zero attached hydrogens (tertiary/aromatic N) is 1. The van der Waals surface area contributed by atoms with Crippen molar-refractivity contribution in [2.45, 2.75) is 19.4 Å². The van der Waals surface area contributed by atoms with Gasteiger partial charge >= 0.3 is 5.97 Å². The predicted molar refractivity (Wildman–Crippen MR) is 65.5 cm³/mol. The van der Waals surface area contributed by atoms with Gasteiger partial charge in [0.25, 0.3) is 5.88 Å². The molecule has 2 aromatic heterocycles. The number of thiophene rings is 1. The van der Waals surface area contributed by atoms with Crippen molar-refractivity contribution in [1.29, 1.82) is 0 Å². The number of rotatable bonds is 4. The molecule has 0 spiro atoms. The standard InChI is InChI=1S/C11H12N2O4S/c1-5-2-3-8(18-5)9-6(10(14)13-17-9)4-7(12)11(15)16/h2-3,7H,4,12H2,1H3,(H,13,14)(H,15,16). The molecule has 1 atom stereocenters. The smallest absolute Gasteiger partial charge is 0.320 e. The Morgan fingerprint density at radius 2 is 2.33 bits per heavy atom. The van der Waals surface area contributed by atoms with E-state index in [1.165, 1.54) is 11.3 Å². The molecule has 0 radical (unpaired) electrons. The van der Waals surface area contributed by atoms with Crippen LogP contribution in [0.4, 0.5) is 0 Å². The maximum atomic E-state index is 10.7. The first-order valence-electron chi connectivity index (χ1n) is 5.21. The lowest BCUT2D eigenvalue weighted by atomic mass is 10.1. The lowest BCUT2D eigenvalue weighted by molar-refractivity contribution is -0.138. The molecule has 0 aromatic carbocycles. The van der Waals surface area contributed by atoms with Crippen LogP contribution in [0, 0.1) is 6.92 Å². The molecule has 7 heteroatoms. The molecule has 1 unspecified atom stereocenters. The van der Waals surface area contributed by atoms with Gasteiger partial charge in [0.15, 0.2) is 5.76 Å². The second-order valence-electron chi connectivity index (χ2n) is 3.87. The maximum absolute atomic E-state index is 10.7. The Morgan fingerprint density at radius 3 is 2.89 bits per heavy atom. The largest absolute Gasteiger partial charge is 0.491 e. The van der Waals surface area contributed by atoms with E-state index in [-0.39, 0.29) is 12.3 Å². The zero-order valence-electron chi connectivity index (χ0n) is 9.58. The van der Waals surface area contributed by atoms with E-state index >= 15 is 0 Å². The van der Waals surface area contributed by atoms with Gasteiger partial charge in [-0.3, -0.25) is 4.79 Å². The van der Waals surface area contributed by atoms with Gasteiger partial charge in [-0.1, -0.05) is 0 Å². The molecule has 0 saturated carbocycles. The van der Waals surface area contributed by atoms with Crippen molar-refractivity contribution >= 4 is 17.3 Å². The molecule has 2 rings (SSSR count). The summed E-state index contributed by atoms with van der Waals surface area (Å²) >= 11 is 1.47. The van der Waals surface area contributed by atoms with E-state index < -0.39 is 12.0 Å². The Labute approximate surface area is 107 Å². The van der Waals surface area contributed by atoms with Crippen molar-refractivity contribution in [1.82, 2.24) is 5.16 Å². The van der Waals surface area contributed by atoms with Gasteiger partial charge < -0.3 is 20.5 Å². The zero-order chi connectivity index (χ0) is 13.3. The number of hydrogen-bond donors (Lipinski definition) is 3. The minimum absolute atomic E-state index is 0.0308. The summed E-state index contributed by atoms with van der Waals surface area (Å²) in [5.41, 5.74) is 5.78. The van der Waals surface area contributed by atoms with Crippen LogP contribution in [0.2, 0.25) is 0 Å². The van der Waals surface area contributed by atoms with E-state index in [0.717, 1.165) is 9.75 Å². The second-order valence-corrected chi connectivity index (χ2v) is 5.16. The van der Waals surface area contributed by atoms with Crippen molar-refractivity contribution in [3.8, 4) is 16.5 Å². The molecule has 0 amide bonds. The monoisotopic (exact) mass is 268 g/mol. The number of hydrogen-bond acceptors (Lipinski definition) is 6. The molecule has 96 valence electrons. The highest BCUT2D eigenvalue weighted by atomic mass is 32.1. The molecule has 0 aliphatic rings. The van der Waals surface area contributed by atoms with Crippen molar-refractivity contribution in [2.75, 3.05) is 0 Å². The highest BCUT2D eigenvalue weighted by molar-refractivity contribution is 7.15. The first kappa shape index (κ1) is 12.6. The van der Waals surface area contributed by atoms with Gasteiger partial charge in [-0.05, 0) is 24.2 Å². The van der Waals surface area contributed by atoms with Gasteiger partial charge in [-0.25, -0.2) is 0 Å². The number of aliphatic carboxylic acids is 1. The zero-order valence-corrected chi connectivity index (χ0v) is 10.4. The molecule has 6 nitrogen and oxygen atoms in total. The van der Waals surface area contributed by atoms with Crippen LogP contribution < -0.4 is 5.73 Å². The third kappa shape index (κ3) is 2.36. The molecule has 4 N–H and O–H groups in total. The number of aryl methyl sites for hydroxylation is 1. The van der Waals surface area contributed by atoms with Gasteiger partial charge in [-0.2, -0.15) is 0 Å². The van der Waals surface area contributed by atoms with Crippen molar-refractivity contribution in [2.24, 2.45) is 5.73 Å². The third-order valence-corrected chi connectivity index (χ3v) is 3.47.